The van der Waals surface area contributed by atoms with E-state index in [-0.39, 0.29) is 55.4 Å². The summed E-state index contributed by atoms with van der Waals surface area (Å²) in [5.41, 5.74) is 20.3. The number of hydrogen-bond donors (Lipinski definition) is 1. The van der Waals surface area contributed by atoms with E-state index < -0.39 is 0 Å². The van der Waals surface area contributed by atoms with Crippen molar-refractivity contribution in [1.82, 2.24) is 14.5 Å². The van der Waals surface area contributed by atoms with Crippen molar-refractivity contribution in [2.45, 2.75) is 105 Å². The van der Waals surface area contributed by atoms with Crippen LogP contribution >= 0.6 is 0 Å². The van der Waals surface area contributed by atoms with E-state index in [1.54, 1.807) is 0 Å². The molecular weight excluding hydrogens is 1090 g/mol. The third-order valence-corrected chi connectivity index (χ3v) is 14.8. The second-order valence-corrected chi connectivity index (χ2v) is 22.8. The van der Waals surface area contributed by atoms with E-state index in [2.05, 4.69) is 269 Å². The SMILES string of the molecule is CC(C)c1cc(-c2ccccc2)cc(C(C)C)c1-n1c(-c2cc(C(C)(C)C)cc(C(C)(C)C)c2O)nc2c(-c3[c-]c(-c4cc(C(C)c5ccccc5)c(-c5ccccc5)cn4)cc(-c4ccccc4)c3)cccc21.[Pt]. The van der Waals surface area contributed by atoms with Crippen LogP contribution in [0.4, 0.5) is 0 Å². The van der Waals surface area contributed by atoms with Crippen molar-refractivity contribution in [1.29, 1.82) is 0 Å². The summed E-state index contributed by atoms with van der Waals surface area (Å²) in [5, 5.41) is 12.8. The van der Waals surface area contributed by atoms with Gasteiger partial charge in [0.1, 0.15) is 11.6 Å². The molecule has 4 nitrogen and oxygen atoms in total. The molecule has 10 aromatic rings. The summed E-state index contributed by atoms with van der Waals surface area (Å²) in [4.78, 5) is 11.1. The fourth-order valence-corrected chi connectivity index (χ4v) is 10.6. The number of para-hydroxylation sites is 1. The van der Waals surface area contributed by atoms with Gasteiger partial charge in [-0.05, 0) is 97.0 Å². The first-order valence-electron chi connectivity index (χ1n) is 26.3. The van der Waals surface area contributed by atoms with Gasteiger partial charge >= 0.3 is 0 Å². The van der Waals surface area contributed by atoms with E-state index >= 15 is 0 Å². The zero-order valence-corrected chi connectivity index (χ0v) is 47.5. The van der Waals surface area contributed by atoms with Crippen molar-refractivity contribution in [2.24, 2.45) is 0 Å². The molecule has 8 aromatic carbocycles. The Morgan fingerprint density at radius 2 is 1.03 bits per heavy atom. The Morgan fingerprint density at radius 1 is 0.493 bits per heavy atom. The minimum atomic E-state index is -0.346. The van der Waals surface area contributed by atoms with E-state index in [0.29, 0.717) is 11.4 Å². The molecule has 0 spiro atoms. The van der Waals surface area contributed by atoms with Crippen LogP contribution in [0.5, 0.6) is 5.75 Å². The number of fused-ring (bicyclic) bond motifs is 1. The normalized spacial score (nSPS) is 12.3. The van der Waals surface area contributed by atoms with Crippen LogP contribution in [0.3, 0.4) is 0 Å². The molecule has 0 radical (unpaired) electrons. The zero-order chi connectivity index (χ0) is 52.1. The molecule has 0 saturated carbocycles. The average molecular weight is 1160 g/mol. The van der Waals surface area contributed by atoms with Gasteiger partial charge in [-0.1, -0.05) is 238 Å². The maximum atomic E-state index is 12.8. The van der Waals surface area contributed by atoms with Gasteiger partial charge in [-0.15, -0.1) is 23.8 Å². The summed E-state index contributed by atoms with van der Waals surface area (Å²) in [6.07, 6.45) is 2.04. The monoisotopic (exact) mass is 1160 g/mol. The molecule has 0 fully saturated rings. The van der Waals surface area contributed by atoms with Crippen LogP contribution in [0.25, 0.3) is 83.9 Å². The van der Waals surface area contributed by atoms with Gasteiger partial charge in [-0.3, -0.25) is 9.55 Å². The Bertz CT molecular complexity index is 3610. The Labute approximate surface area is 459 Å². The fourth-order valence-electron chi connectivity index (χ4n) is 10.6. The topological polar surface area (TPSA) is 50.9 Å². The molecular formula is C70H68N3OPt-. The first kappa shape index (κ1) is 52.7. The first-order valence-corrected chi connectivity index (χ1v) is 26.3. The molecule has 0 aliphatic rings. The molecule has 1 unspecified atom stereocenters. The summed E-state index contributed by atoms with van der Waals surface area (Å²) in [5.74, 6) is 1.38. The average Bonchev–Trinajstić information content (AvgIpc) is 3.81. The molecule has 75 heavy (non-hydrogen) atoms. The van der Waals surface area contributed by atoms with E-state index in [1.807, 2.05) is 6.20 Å². The number of hydrogen-bond acceptors (Lipinski definition) is 3. The summed E-state index contributed by atoms with van der Waals surface area (Å²) in [7, 11) is 0. The number of pyridine rings is 1. The molecule has 0 aliphatic heterocycles. The largest absolute Gasteiger partial charge is 0.507 e. The van der Waals surface area contributed by atoms with Gasteiger partial charge in [-0.25, -0.2) is 4.98 Å². The minimum Gasteiger partial charge on any atom is -0.507 e. The summed E-state index contributed by atoms with van der Waals surface area (Å²) >= 11 is 0. The number of phenols is 1. The van der Waals surface area contributed by atoms with Crippen LogP contribution in [0, 0.1) is 6.07 Å². The number of imidazole rings is 1. The number of nitrogens with zero attached hydrogens (tertiary/aromatic N) is 3. The van der Waals surface area contributed by atoms with Crippen molar-refractivity contribution < 1.29 is 26.2 Å². The number of aromatic nitrogens is 3. The van der Waals surface area contributed by atoms with Crippen LogP contribution in [0.2, 0.25) is 0 Å². The van der Waals surface area contributed by atoms with Gasteiger partial charge < -0.3 is 5.11 Å². The molecule has 380 valence electrons. The predicted octanol–water partition coefficient (Wildman–Crippen LogP) is 18.9. The standard InChI is InChI=1S/C70H68N3O.Pt/c1-44(2)57-38-52(49-29-20-14-21-30-49)39-58(45(3)4)66(57)73-64-34-24-33-56(65(64)72-68(73)60-40-55(69(6,7)8)41-62(67(60)74)70(9,10)11)53-35-51(48-27-18-13-19-28-48)36-54(37-53)63-42-59(46(5)47-25-16-12-17-26-47)61(43-71-63)50-31-22-15-23-32-50;/h12-36,38-46,74H,1-11H3;/q-1;. The molecule has 0 bridgehead atoms. The number of phenolic OH excluding ortho intramolecular Hbond substituents is 1. The van der Waals surface area contributed by atoms with Crippen LogP contribution in [0.1, 0.15) is 127 Å². The number of aromatic hydroxyl groups is 1. The molecule has 10 rings (SSSR count). The maximum absolute atomic E-state index is 12.8. The number of rotatable bonds is 11. The van der Waals surface area contributed by atoms with E-state index in [0.717, 1.165) is 72.5 Å². The van der Waals surface area contributed by atoms with Crippen LogP contribution < -0.4 is 0 Å². The number of benzene rings is 8. The molecule has 2 heterocycles. The minimum absolute atomic E-state index is 0. The Hall–Kier alpha value is -7.13. The van der Waals surface area contributed by atoms with Gasteiger partial charge in [0.2, 0.25) is 0 Å². The predicted molar refractivity (Wildman–Crippen MR) is 312 cm³/mol. The van der Waals surface area contributed by atoms with Gasteiger partial charge in [0.05, 0.1) is 22.3 Å². The molecule has 5 heteroatoms. The van der Waals surface area contributed by atoms with Crippen LogP contribution in [-0.2, 0) is 31.9 Å². The smallest absolute Gasteiger partial charge is 0.148 e. The third-order valence-electron chi connectivity index (χ3n) is 14.8. The Balaban J connectivity index is 0.00000689. The van der Waals surface area contributed by atoms with E-state index in [4.69, 9.17) is 9.97 Å². The second kappa shape index (κ2) is 21.2. The van der Waals surface area contributed by atoms with Crippen molar-refractivity contribution in [3.63, 3.8) is 0 Å². The quantitative estimate of drug-likeness (QED) is 0.131. The summed E-state index contributed by atoms with van der Waals surface area (Å²) < 4.78 is 2.37. The van der Waals surface area contributed by atoms with Crippen molar-refractivity contribution in [3.05, 3.63) is 228 Å². The van der Waals surface area contributed by atoms with Crippen molar-refractivity contribution in [2.75, 3.05) is 0 Å². The van der Waals surface area contributed by atoms with E-state index in [9.17, 15) is 5.11 Å². The van der Waals surface area contributed by atoms with Gasteiger partial charge in [0, 0.05) is 50.0 Å². The Morgan fingerprint density at radius 3 is 1.57 bits per heavy atom. The molecule has 0 saturated heterocycles. The van der Waals surface area contributed by atoms with Crippen molar-refractivity contribution >= 4 is 11.0 Å². The first-order chi connectivity index (χ1) is 35.5. The molecule has 0 aliphatic carbocycles. The molecule has 2 aromatic heterocycles. The zero-order valence-electron chi connectivity index (χ0n) is 45.2. The second-order valence-electron chi connectivity index (χ2n) is 22.8. The summed E-state index contributed by atoms with van der Waals surface area (Å²) in [6.45, 7) is 24.7. The maximum Gasteiger partial charge on any atom is 0.148 e. The summed E-state index contributed by atoms with van der Waals surface area (Å²) in [6, 6.07) is 69.0. The van der Waals surface area contributed by atoms with Gasteiger partial charge in [0.15, 0.2) is 0 Å². The van der Waals surface area contributed by atoms with Crippen LogP contribution in [0.15, 0.2) is 188 Å². The van der Waals surface area contributed by atoms with Crippen molar-refractivity contribution in [3.8, 4) is 78.6 Å². The molecule has 1 atom stereocenters. The molecule has 1 N–H and O–H groups in total. The Kier molecular flexibility index (Phi) is 14.9. The molecule has 0 amide bonds. The van der Waals surface area contributed by atoms with Crippen LogP contribution in [-0.4, -0.2) is 19.6 Å². The third kappa shape index (κ3) is 10.5. The van der Waals surface area contributed by atoms with E-state index in [1.165, 1.54) is 33.4 Å². The fraction of sp³-hybridized carbons (Fsp3) is 0.229. The van der Waals surface area contributed by atoms with Gasteiger partial charge in [0.25, 0.3) is 0 Å². The van der Waals surface area contributed by atoms with Gasteiger partial charge in [-0.2, -0.15) is 0 Å².